The molecule has 1 aliphatic carbocycles. The van der Waals surface area contributed by atoms with Crippen LogP contribution in [0.1, 0.15) is 52.1 Å². The maximum Gasteiger partial charge on any atom is 0.264 e. The molecule has 1 heterocycles. The minimum atomic E-state index is -3.60. The largest absolute Gasteiger partial charge is 0.493 e. The van der Waals surface area contributed by atoms with Gasteiger partial charge in [-0.05, 0) is 49.6 Å². The second-order valence-electron chi connectivity index (χ2n) is 8.38. The summed E-state index contributed by atoms with van der Waals surface area (Å²) >= 11 is 0. The van der Waals surface area contributed by atoms with Gasteiger partial charge in [0.1, 0.15) is 9.84 Å². The Morgan fingerprint density at radius 2 is 1.88 bits per heavy atom. The van der Waals surface area contributed by atoms with Crippen molar-refractivity contribution in [3.05, 3.63) is 53.1 Å². The molecule has 1 fully saturated rings. The number of methoxy groups -OCH3 is 1. The monoisotopic (exact) mass is 486 g/mol. The number of rotatable bonds is 10. The lowest BCUT2D eigenvalue weighted by Gasteiger charge is -2.27. The fourth-order valence-corrected chi connectivity index (χ4v) is 5.17. The number of anilines is 1. The van der Waals surface area contributed by atoms with Crippen LogP contribution in [0, 0.1) is 0 Å². The fourth-order valence-electron chi connectivity index (χ4n) is 4.25. The van der Waals surface area contributed by atoms with Crippen molar-refractivity contribution in [3.63, 3.8) is 0 Å². The molecule has 2 aromatic rings. The molecule has 0 aromatic heterocycles. The van der Waals surface area contributed by atoms with E-state index in [9.17, 15) is 22.8 Å². The minimum Gasteiger partial charge on any atom is -0.493 e. The zero-order valence-corrected chi connectivity index (χ0v) is 20.0. The van der Waals surface area contributed by atoms with Crippen LogP contribution >= 0.6 is 0 Å². The third-order valence-corrected chi connectivity index (χ3v) is 6.82. The lowest BCUT2D eigenvalue weighted by atomic mass is 10.1. The summed E-state index contributed by atoms with van der Waals surface area (Å²) in [5, 5.41) is 0. The van der Waals surface area contributed by atoms with Crippen LogP contribution in [0.5, 0.6) is 11.5 Å². The Hall–Kier alpha value is -3.40. The fraction of sp³-hybridized carbons (Fsp3) is 0.375. The molecule has 1 aliphatic heterocycles. The van der Waals surface area contributed by atoms with Crippen LogP contribution in [0.4, 0.5) is 5.69 Å². The lowest BCUT2D eigenvalue weighted by Crippen LogP contribution is -2.38. The van der Waals surface area contributed by atoms with E-state index in [1.54, 1.807) is 37.3 Å². The van der Waals surface area contributed by atoms with Crippen molar-refractivity contribution >= 4 is 33.7 Å². The summed E-state index contributed by atoms with van der Waals surface area (Å²) in [6, 6.07) is 8.48. The highest BCUT2D eigenvalue weighted by Gasteiger charge is 2.45. The first kappa shape index (κ1) is 23.7. The number of hydrogen-bond acceptors (Lipinski definition) is 7. The second-order valence-corrected chi connectivity index (χ2v) is 10.6. The number of benzene rings is 2. The average molecular weight is 487 g/mol. The number of amides is 3. The predicted molar refractivity (Wildman–Crippen MR) is 125 cm³/mol. The number of carbonyl (C=O) groups is 3. The molecule has 0 N–H and O–H groups in total. The number of carbonyl (C=O) groups excluding carboxylic acids is 3. The van der Waals surface area contributed by atoms with Crippen molar-refractivity contribution in [2.75, 3.05) is 30.6 Å². The first-order chi connectivity index (χ1) is 16.2. The normalized spacial score (nSPS) is 16.3. The van der Waals surface area contributed by atoms with E-state index < -0.39 is 33.4 Å². The topological polar surface area (TPSA) is 110 Å². The maximum absolute atomic E-state index is 13.6. The third kappa shape index (κ3) is 4.37. The van der Waals surface area contributed by atoms with E-state index in [0.717, 1.165) is 24.0 Å². The number of fused-ring (bicyclic) bond motifs is 1. The van der Waals surface area contributed by atoms with Crippen molar-refractivity contribution in [2.45, 2.75) is 31.8 Å². The van der Waals surface area contributed by atoms with Crippen LogP contribution in [0.15, 0.2) is 36.4 Å². The number of nitrogens with zero attached hydrogens (tertiary/aromatic N) is 2. The molecule has 0 spiro atoms. The van der Waals surface area contributed by atoms with Crippen molar-refractivity contribution in [1.29, 1.82) is 0 Å². The van der Waals surface area contributed by atoms with E-state index in [2.05, 4.69) is 0 Å². The summed E-state index contributed by atoms with van der Waals surface area (Å²) in [6.45, 7) is 2.14. The molecule has 34 heavy (non-hydrogen) atoms. The van der Waals surface area contributed by atoms with E-state index in [0.29, 0.717) is 35.8 Å². The molecular formula is C24H26N2O7S. The summed E-state index contributed by atoms with van der Waals surface area (Å²) in [7, 11) is -2.12. The van der Waals surface area contributed by atoms with Crippen molar-refractivity contribution in [3.8, 4) is 11.5 Å². The number of hydrogen-bond donors (Lipinski definition) is 0. The Bertz CT molecular complexity index is 1250. The molecule has 0 saturated heterocycles. The lowest BCUT2D eigenvalue weighted by molar-refractivity contribution is -0.107. The van der Waals surface area contributed by atoms with Crippen LogP contribution in [0.3, 0.4) is 0 Å². The van der Waals surface area contributed by atoms with E-state index in [1.165, 1.54) is 18.1 Å². The van der Waals surface area contributed by atoms with Gasteiger partial charge in [-0.1, -0.05) is 12.1 Å². The molecule has 3 amide bonds. The third-order valence-electron chi connectivity index (χ3n) is 5.90. The van der Waals surface area contributed by atoms with E-state index in [4.69, 9.17) is 9.47 Å². The number of ether oxygens (including phenoxy) is 2. The summed E-state index contributed by atoms with van der Waals surface area (Å²) in [4.78, 5) is 41.3. The molecular weight excluding hydrogens is 460 g/mol. The zero-order valence-electron chi connectivity index (χ0n) is 19.2. The smallest absolute Gasteiger partial charge is 0.264 e. The van der Waals surface area contributed by atoms with Gasteiger partial charge in [0, 0.05) is 12.3 Å². The van der Waals surface area contributed by atoms with Crippen LogP contribution < -0.4 is 14.4 Å². The molecule has 180 valence electrons. The van der Waals surface area contributed by atoms with Crippen molar-refractivity contribution in [1.82, 2.24) is 4.90 Å². The molecule has 1 atom stereocenters. The molecule has 0 radical (unpaired) electrons. The Morgan fingerprint density at radius 1 is 1.15 bits per heavy atom. The van der Waals surface area contributed by atoms with E-state index in [1.807, 2.05) is 0 Å². The van der Waals surface area contributed by atoms with Gasteiger partial charge in [0.2, 0.25) is 6.41 Å². The van der Waals surface area contributed by atoms with E-state index >= 15 is 0 Å². The van der Waals surface area contributed by atoms with Crippen LogP contribution in [0.25, 0.3) is 0 Å². The maximum atomic E-state index is 13.6. The first-order valence-electron chi connectivity index (χ1n) is 10.9. The highest BCUT2D eigenvalue weighted by Crippen LogP contribution is 2.41. The van der Waals surface area contributed by atoms with Gasteiger partial charge < -0.3 is 14.4 Å². The van der Waals surface area contributed by atoms with Crippen LogP contribution in [-0.2, 0) is 14.6 Å². The SMILES string of the molecule is CCOc1cc(C(CS(C)(=O)=O)N2C(=O)c3cccc(N(C=O)C4CC4)c3C2=O)ccc1OC. The van der Waals surface area contributed by atoms with Gasteiger partial charge in [-0.3, -0.25) is 19.3 Å². The summed E-state index contributed by atoms with van der Waals surface area (Å²) in [5.74, 6) is -0.888. The van der Waals surface area contributed by atoms with Gasteiger partial charge in [-0.25, -0.2) is 8.42 Å². The van der Waals surface area contributed by atoms with Gasteiger partial charge >= 0.3 is 0 Å². The first-order valence-corrected chi connectivity index (χ1v) is 13.0. The van der Waals surface area contributed by atoms with Gasteiger partial charge in [-0.2, -0.15) is 0 Å². The molecule has 1 unspecified atom stereocenters. The van der Waals surface area contributed by atoms with Crippen LogP contribution in [-0.4, -0.2) is 63.3 Å². The van der Waals surface area contributed by atoms with Crippen molar-refractivity contribution in [2.24, 2.45) is 0 Å². The molecule has 9 nitrogen and oxygen atoms in total. The molecule has 0 bridgehead atoms. The molecule has 2 aromatic carbocycles. The highest BCUT2D eigenvalue weighted by atomic mass is 32.2. The predicted octanol–water partition coefficient (Wildman–Crippen LogP) is 2.60. The van der Waals surface area contributed by atoms with Gasteiger partial charge in [0.25, 0.3) is 11.8 Å². The van der Waals surface area contributed by atoms with Gasteiger partial charge in [0.05, 0.1) is 42.3 Å². The van der Waals surface area contributed by atoms with E-state index in [-0.39, 0.29) is 17.2 Å². The Balaban J connectivity index is 1.81. The summed E-state index contributed by atoms with van der Waals surface area (Å²) in [5.41, 5.74) is 1.04. The van der Waals surface area contributed by atoms with Crippen molar-refractivity contribution < 1.29 is 32.3 Å². The van der Waals surface area contributed by atoms with Gasteiger partial charge in [0.15, 0.2) is 11.5 Å². The standard InChI is InChI=1S/C24H26N2O7S/c1-4-33-21-12-15(8-11-20(21)32-2)19(13-34(3,30)31)26-23(28)17-6-5-7-18(22(17)24(26)29)25(14-27)16-9-10-16/h5-8,11-12,14,16,19H,4,9-10,13H2,1-3H3. The quantitative estimate of drug-likeness (QED) is 0.375. The average Bonchev–Trinajstić information content (AvgIpc) is 3.59. The second kappa shape index (κ2) is 9.09. The molecule has 4 rings (SSSR count). The molecule has 2 aliphatic rings. The number of sulfone groups is 1. The van der Waals surface area contributed by atoms with Gasteiger partial charge in [-0.15, -0.1) is 0 Å². The Kier molecular flexibility index (Phi) is 6.35. The molecule has 1 saturated carbocycles. The Labute approximate surface area is 198 Å². The highest BCUT2D eigenvalue weighted by molar-refractivity contribution is 7.90. The summed E-state index contributed by atoms with van der Waals surface area (Å²) in [6.07, 6.45) is 3.35. The molecule has 10 heteroatoms. The zero-order chi connectivity index (χ0) is 24.6. The minimum absolute atomic E-state index is 0.0110. The van der Waals surface area contributed by atoms with Crippen LogP contribution in [0.2, 0.25) is 0 Å². The Morgan fingerprint density at radius 3 is 2.47 bits per heavy atom. The number of imide groups is 1. The summed E-state index contributed by atoms with van der Waals surface area (Å²) < 4.78 is 35.6.